The average molecular weight is 206 g/mol. The quantitative estimate of drug-likeness (QED) is 0.501. The lowest BCUT2D eigenvalue weighted by molar-refractivity contribution is 0.0437. The molecule has 0 atom stereocenters. The van der Waals surface area contributed by atoms with Crippen LogP contribution in [0.5, 0.6) is 0 Å². The first-order valence-electron chi connectivity index (χ1n) is 4.13. The summed E-state index contributed by atoms with van der Waals surface area (Å²) < 4.78 is 8.87. The molecule has 5 nitrogen and oxygen atoms in total. The molecular formula is C10H6O5. The minimum absolute atomic E-state index is 0.0191. The molecule has 0 fully saturated rings. The zero-order chi connectivity index (χ0) is 11.0. The van der Waals surface area contributed by atoms with Gasteiger partial charge in [0, 0.05) is 0 Å². The molecule has 1 aliphatic heterocycles. The molecule has 0 aromatic heterocycles. The highest BCUT2D eigenvalue weighted by Crippen LogP contribution is 2.23. The number of hydrogen-bond acceptors (Lipinski definition) is 5. The van der Waals surface area contributed by atoms with Gasteiger partial charge in [0.25, 0.3) is 0 Å². The first-order valence-corrected chi connectivity index (χ1v) is 4.13. The van der Waals surface area contributed by atoms with Crippen molar-refractivity contribution >= 4 is 17.9 Å². The summed E-state index contributed by atoms with van der Waals surface area (Å²) in [5.74, 6) is -2.21. The van der Waals surface area contributed by atoms with Crippen LogP contribution in [-0.2, 0) is 9.47 Å². The number of benzene rings is 1. The molecule has 0 N–H and O–H groups in total. The van der Waals surface area contributed by atoms with E-state index in [0.29, 0.717) is 0 Å². The van der Waals surface area contributed by atoms with Crippen molar-refractivity contribution in [3.05, 3.63) is 34.9 Å². The van der Waals surface area contributed by atoms with Crippen LogP contribution in [0, 0.1) is 0 Å². The van der Waals surface area contributed by atoms with Crippen LogP contribution >= 0.6 is 0 Å². The third-order valence-electron chi connectivity index (χ3n) is 2.08. The van der Waals surface area contributed by atoms with Gasteiger partial charge in [-0.1, -0.05) is 6.07 Å². The van der Waals surface area contributed by atoms with Gasteiger partial charge in [0.2, 0.25) is 0 Å². The highest BCUT2D eigenvalue weighted by molar-refractivity contribution is 6.18. The Kier molecular flexibility index (Phi) is 2.00. The van der Waals surface area contributed by atoms with Crippen LogP contribution in [0.25, 0.3) is 0 Å². The van der Waals surface area contributed by atoms with Crippen molar-refractivity contribution in [1.29, 1.82) is 0 Å². The third-order valence-corrected chi connectivity index (χ3v) is 2.08. The Hall–Kier alpha value is -2.17. The minimum Gasteiger partial charge on any atom is -0.465 e. The molecule has 1 heterocycles. The Morgan fingerprint density at radius 2 is 2.00 bits per heavy atom. The summed E-state index contributed by atoms with van der Waals surface area (Å²) in [5, 5.41) is 0. The highest BCUT2D eigenvalue weighted by atomic mass is 16.6. The van der Waals surface area contributed by atoms with Gasteiger partial charge in [-0.05, 0) is 12.1 Å². The number of carbonyl (C=O) groups is 3. The smallest absolute Gasteiger partial charge is 0.347 e. The molecule has 1 aromatic rings. The lowest BCUT2D eigenvalue weighted by Crippen LogP contribution is -2.08. The van der Waals surface area contributed by atoms with Gasteiger partial charge in [-0.25, -0.2) is 14.4 Å². The van der Waals surface area contributed by atoms with Gasteiger partial charge in [-0.2, -0.15) is 0 Å². The maximum Gasteiger partial charge on any atom is 0.347 e. The second-order valence-electron chi connectivity index (χ2n) is 2.90. The van der Waals surface area contributed by atoms with Crippen LogP contribution in [0.2, 0.25) is 0 Å². The Bertz CT molecular complexity index is 475. The Morgan fingerprint density at radius 3 is 2.67 bits per heavy atom. The Balaban J connectivity index is 2.65. The van der Waals surface area contributed by atoms with E-state index in [2.05, 4.69) is 9.47 Å². The zero-order valence-corrected chi connectivity index (χ0v) is 7.77. The maximum atomic E-state index is 11.3. The Morgan fingerprint density at radius 1 is 1.27 bits per heavy atom. The van der Waals surface area contributed by atoms with E-state index in [4.69, 9.17) is 0 Å². The summed E-state index contributed by atoms with van der Waals surface area (Å²) in [7, 11) is 1.20. The molecule has 0 saturated heterocycles. The maximum absolute atomic E-state index is 11.3. The fourth-order valence-corrected chi connectivity index (χ4v) is 1.41. The highest BCUT2D eigenvalue weighted by Gasteiger charge is 2.34. The largest absolute Gasteiger partial charge is 0.465 e. The van der Waals surface area contributed by atoms with E-state index >= 15 is 0 Å². The van der Waals surface area contributed by atoms with Crippen molar-refractivity contribution in [2.24, 2.45) is 0 Å². The van der Waals surface area contributed by atoms with E-state index in [1.54, 1.807) is 0 Å². The molecule has 76 valence electrons. The van der Waals surface area contributed by atoms with Gasteiger partial charge in [0.15, 0.2) is 0 Å². The first kappa shape index (κ1) is 9.39. The van der Waals surface area contributed by atoms with Gasteiger partial charge in [0.1, 0.15) is 0 Å². The van der Waals surface area contributed by atoms with Crippen LogP contribution in [0.1, 0.15) is 31.1 Å². The van der Waals surface area contributed by atoms with E-state index in [-0.39, 0.29) is 16.7 Å². The molecule has 15 heavy (non-hydrogen) atoms. The molecule has 1 aliphatic rings. The number of esters is 3. The number of fused-ring (bicyclic) bond motifs is 1. The number of rotatable bonds is 1. The van der Waals surface area contributed by atoms with Crippen molar-refractivity contribution in [3.8, 4) is 0 Å². The number of ether oxygens (including phenoxy) is 2. The number of carbonyl (C=O) groups excluding carboxylic acids is 3. The topological polar surface area (TPSA) is 69.7 Å². The molecule has 0 aliphatic carbocycles. The van der Waals surface area contributed by atoms with E-state index in [1.807, 2.05) is 0 Å². The number of hydrogen-bond donors (Lipinski definition) is 0. The van der Waals surface area contributed by atoms with E-state index in [0.717, 1.165) is 0 Å². The summed E-state index contributed by atoms with van der Waals surface area (Å²) in [4.78, 5) is 33.7. The van der Waals surface area contributed by atoms with Crippen LogP contribution in [0.15, 0.2) is 18.2 Å². The summed E-state index contributed by atoms with van der Waals surface area (Å²) in [6.45, 7) is 0. The standard InChI is InChI=1S/C10H6O5/c1-14-8(11)5-3-2-4-6-7(5)10(13)15-9(6)12/h2-4H,1H3. The molecule has 1 aromatic carbocycles. The van der Waals surface area contributed by atoms with Crippen molar-refractivity contribution in [1.82, 2.24) is 0 Å². The van der Waals surface area contributed by atoms with Crippen molar-refractivity contribution in [3.63, 3.8) is 0 Å². The third kappa shape index (κ3) is 1.28. The second kappa shape index (κ2) is 3.20. The summed E-state index contributed by atoms with van der Waals surface area (Å²) >= 11 is 0. The first-order chi connectivity index (χ1) is 7.15. The summed E-state index contributed by atoms with van der Waals surface area (Å²) in [6, 6.07) is 4.32. The van der Waals surface area contributed by atoms with Gasteiger partial charge in [0.05, 0.1) is 23.8 Å². The molecule has 2 rings (SSSR count). The van der Waals surface area contributed by atoms with Crippen LogP contribution in [0.4, 0.5) is 0 Å². The predicted octanol–water partition coefficient (Wildman–Crippen LogP) is 0.784. The molecule has 0 amide bonds. The molecular weight excluding hydrogens is 200 g/mol. The summed E-state index contributed by atoms with van der Waals surface area (Å²) in [6.07, 6.45) is 0. The van der Waals surface area contributed by atoms with Gasteiger partial charge in [-0.15, -0.1) is 0 Å². The fourth-order valence-electron chi connectivity index (χ4n) is 1.41. The van der Waals surface area contributed by atoms with Crippen LogP contribution in [-0.4, -0.2) is 25.0 Å². The predicted molar refractivity (Wildman–Crippen MR) is 47.5 cm³/mol. The molecule has 0 spiro atoms. The SMILES string of the molecule is COC(=O)c1cccc2c1C(=O)OC2=O. The van der Waals surface area contributed by atoms with Crippen LogP contribution in [0.3, 0.4) is 0 Å². The van der Waals surface area contributed by atoms with E-state index < -0.39 is 17.9 Å². The molecule has 0 radical (unpaired) electrons. The summed E-state index contributed by atoms with van der Waals surface area (Å²) in [5.41, 5.74) is 0.128. The minimum atomic E-state index is -0.809. The zero-order valence-electron chi connectivity index (χ0n) is 7.77. The second-order valence-corrected chi connectivity index (χ2v) is 2.90. The van der Waals surface area contributed by atoms with Gasteiger partial charge < -0.3 is 9.47 Å². The number of methoxy groups -OCH3 is 1. The van der Waals surface area contributed by atoms with Gasteiger partial charge >= 0.3 is 17.9 Å². The average Bonchev–Trinajstić information content (AvgIpc) is 2.54. The Labute approximate surface area is 84.6 Å². The molecule has 0 unspecified atom stereocenters. The van der Waals surface area contributed by atoms with Crippen molar-refractivity contribution in [2.45, 2.75) is 0 Å². The van der Waals surface area contributed by atoms with Crippen LogP contribution < -0.4 is 0 Å². The molecule has 0 bridgehead atoms. The van der Waals surface area contributed by atoms with Crippen molar-refractivity contribution < 1.29 is 23.9 Å². The van der Waals surface area contributed by atoms with Crippen molar-refractivity contribution in [2.75, 3.05) is 7.11 Å². The molecule has 0 saturated carbocycles. The number of cyclic esters (lactones) is 2. The molecule has 5 heteroatoms. The lowest BCUT2D eigenvalue weighted by Gasteiger charge is -2.01. The van der Waals surface area contributed by atoms with Gasteiger partial charge in [-0.3, -0.25) is 0 Å². The lowest BCUT2D eigenvalue weighted by atomic mass is 10.0. The van der Waals surface area contributed by atoms with E-state index in [9.17, 15) is 14.4 Å². The monoisotopic (exact) mass is 206 g/mol. The van der Waals surface area contributed by atoms with E-state index in [1.165, 1.54) is 25.3 Å². The normalized spacial score (nSPS) is 13.4. The fraction of sp³-hybridized carbons (Fsp3) is 0.100.